The zero-order chi connectivity index (χ0) is 19.7. The molecule has 4 rings (SSSR count). The van der Waals surface area contributed by atoms with Crippen molar-refractivity contribution in [1.29, 1.82) is 0 Å². The first-order valence-electron chi connectivity index (χ1n) is 8.31. The van der Waals surface area contributed by atoms with Gasteiger partial charge in [-0.2, -0.15) is 0 Å². The Bertz CT molecular complexity index is 1190. The third-order valence-corrected chi connectivity index (χ3v) is 6.80. The summed E-state index contributed by atoms with van der Waals surface area (Å²) in [6.45, 7) is 0. The number of carboxylic acid groups (broad SMARTS) is 1. The molecular formula is C21H13NO4S2. The van der Waals surface area contributed by atoms with Crippen LogP contribution in [0.1, 0.15) is 10.4 Å². The van der Waals surface area contributed by atoms with Crippen LogP contribution in [0.3, 0.4) is 0 Å². The minimum Gasteiger partial charge on any atom is -0.477 e. The molecule has 0 unspecified atom stereocenters. The maximum atomic E-state index is 11.4. The predicted molar refractivity (Wildman–Crippen MR) is 113 cm³/mol. The number of benzene rings is 4. The van der Waals surface area contributed by atoms with Gasteiger partial charge in [0, 0.05) is 15.9 Å². The van der Waals surface area contributed by atoms with E-state index in [0.717, 1.165) is 26.4 Å². The van der Waals surface area contributed by atoms with Crippen molar-refractivity contribution < 1.29 is 14.8 Å². The molecule has 1 N–H and O–H groups in total. The second-order valence-corrected chi connectivity index (χ2v) is 8.27. The van der Waals surface area contributed by atoms with Crippen LogP contribution in [0.5, 0.6) is 0 Å². The van der Waals surface area contributed by atoms with Gasteiger partial charge in [0.05, 0.1) is 4.92 Å². The highest BCUT2D eigenvalue weighted by Gasteiger charge is 2.20. The molecule has 0 fully saturated rings. The lowest BCUT2D eigenvalue weighted by Crippen LogP contribution is -2.02. The van der Waals surface area contributed by atoms with E-state index in [9.17, 15) is 20.0 Å². The molecule has 4 aromatic carbocycles. The van der Waals surface area contributed by atoms with Crippen LogP contribution >= 0.6 is 21.6 Å². The molecule has 0 aliphatic heterocycles. The largest absolute Gasteiger partial charge is 0.477 e. The van der Waals surface area contributed by atoms with E-state index >= 15 is 0 Å². The van der Waals surface area contributed by atoms with Gasteiger partial charge < -0.3 is 5.11 Å². The summed E-state index contributed by atoms with van der Waals surface area (Å²) in [6, 6.07) is 22.5. The molecule has 0 aliphatic carbocycles. The summed E-state index contributed by atoms with van der Waals surface area (Å²) in [6.07, 6.45) is 0. The van der Waals surface area contributed by atoms with Crippen molar-refractivity contribution in [3.05, 3.63) is 88.5 Å². The van der Waals surface area contributed by atoms with Gasteiger partial charge >= 0.3 is 5.97 Å². The average Bonchev–Trinajstić information content (AvgIpc) is 2.70. The highest BCUT2D eigenvalue weighted by molar-refractivity contribution is 8.76. The highest BCUT2D eigenvalue weighted by atomic mass is 33.1. The number of fused-ring (bicyclic) bond motifs is 2. The van der Waals surface area contributed by atoms with E-state index in [1.165, 1.54) is 33.7 Å². The number of carbonyl (C=O) groups is 1. The van der Waals surface area contributed by atoms with E-state index < -0.39 is 16.6 Å². The SMILES string of the molecule is O=C(O)c1cc(SSc2c3ccccc3cc3ccccc23)ccc1[N+](=O)[O-]. The van der Waals surface area contributed by atoms with Crippen molar-refractivity contribution in [1.82, 2.24) is 0 Å². The van der Waals surface area contributed by atoms with Crippen LogP contribution in [0.15, 0.2) is 82.6 Å². The highest BCUT2D eigenvalue weighted by Crippen LogP contribution is 2.45. The van der Waals surface area contributed by atoms with Crippen molar-refractivity contribution in [2.24, 2.45) is 0 Å². The van der Waals surface area contributed by atoms with Crippen LogP contribution in [0.4, 0.5) is 5.69 Å². The lowest BCUT2D eigenvalue weighted by molar-refractivity contribution is -0.385. The van der Waals surface area contributed by atoms with Gasteiger partial charge in [0.15, 0.2) is 0 Å². The molecule has 28 heavy (non-hydrogen) atoms. The molecule has 0 aromatic heterocycles. The van der Waals surface area contributed by atoms with Gasteiger partial charge in [0.25, 0.3) is 5.69 Å². The number of nitro groups is 1. The zero-order valence-corrected chi connectivity index (χ0v) is 16.0. The summed E-state index contributed by atoms with van der Waals surface area (Å²) in [5, 5.41) is 24.8. The Morgan fingerprint density at radius 1 is 0.857 bits per heavy atom. The maximum Gasteiger partial charge on any atom is 0.342 e. The van der Waals surface area contributed by atoms with Gasteiger partial charge in [0.2, 0.25) is 0 Å². The van der Waals surface area contributed by atoms with E-state index in [-0.39, 0.29) is 5.56 Å². The third kappa shape index (κ3) is 3.42. The zero-order valence-electron chi connectivity index (χ0n) is 14.4. The van der Waals surface area contributed by atoms with Crippen molar-refractivity contribution in [3.63, 3.8) is 0 Å². The summed E-state index contributed by atoms with van der Waals surface area (Å²) in [7, 11) is 2.91. The first kappa shape index (κ1) is 18.3. The molecule has 0 aliphatic rings. The van der Waals surface area contributed by atoms with Crippen LogP contribution in [-0.4, -0.2) is 16.0 Å². The van der Waals surface area contributed by atoms with Crippen molar-refractivity contribution in [3.8, 4) is 0 Å². The molecule has 5 nitrogen and oxygen atoms in total. The number of hydrogen-bond acceptors (Lipinski definition) is 5. The molecule has 0 saturated carbocycles. The lowest BCUT2D eigenvalue weighted by Gasteiger charge is -2.11. The van der Waals surface area contributed by atoms with Gasteiger partial charge in [-0.05, 0) is 39.7 Å². The van der Waals surface area contributed by atoms with Crippen LogP contribution in [-0.2, 0) is 0 Å². The molecular weight excluding hydrogens is 394 g/mol. The topological polar surface area (TPSA) is 80.4 Å². The number of hydrogen-bond donors (Lipinski definition) is 1. The quantitative estimate of drug-likeness (QED) is 0.178. The summed E-state index contributed by atoms with van der Waals surface area (Å²) in [5.74, 6) is -1.31. The summed E-state index contributed by atoms with van der Waals surface area (Å²) < 4.78 is 0. The van der Waals surface area contributed by atoms with E-state index in [0.29, 0.717) is 4.90 Å². The fourth-order valence-electron chi connectivity index (χ4n) is 3.05. The Labute approximate surface area is 167 Å². The Balaban J connectivity index is 1.76. The van der Waals surface area contributed by atoms with Gasteiger partial charge in [-0.25, -0.2) is 4.79 Å². The number of aromatic carboxylic acids is 1. The summed E-state index contributed by atoms with van der Waals surface area (Å²) in [4.78, 5) is 23.5. The lowest BCUT2D eigenvalue weighted by atomic mass is 10.0. The first-order valence-corrected chi connectivity index (χ1v) is 10.5. The van der Waals surface area contributed by atoms with Gasteiger partial charge in [-0.15, -0.1) is 0 Å². The first-order chi connectivity index (χ1) is 13.5. The maximum absolute atomic E-state index is 11.4. The predicted octanol–water partition coefficient (Wildman–Crippen LogP) is 6.40. The second kappa shape index (κ2) is 7.53. The minimum absolute atomic E-state index is 0.307. The monoisotopic (exact) mass is 407 g/mol. The Morgan fingerprint density at radius 2 is 1.46 bits per heavy atom. The van der Waals surface area contributed by atoms with Crippen LogP contribution in [0, 0.1) is 10.1 Å². The molecule has 0 saturated heterocycles. The average molecular weight is 407 g/mol. The normalized spacial score (nSPS) is 11.0. The van der Waals surface area contributed by atoms with Gasteiger partial charge in [-0.1, -0.05) is 70.1 Å². The standard InChI is InChI=1S/C21H13NO4S2/c23-21(24)18-12-15(9-10-19(18)22(25)26)27-28-20-16-7-3-1-5-13(16)11-14-6-2-4-8-17(14)20/h1-12H,(H,23,24). The third-order valence-electron chi connectivity index (χ3n) is 4.34. The molecule has 0 spiro atoms. The van der Waals surface area contributed by atoms with Crippen molar-refractivity contribution in [2.45, 2.75) is 9.79 Å². The van der Waals surface area contributed by atoms with Gasteiger partial charge in [-0.3, -0.25) is 10.1 Å². The van der Waals surface area contributed by atoms with Crippen LogP contribution in [0.2, 0.25) is 0 Å². The molecule has 0 bridgehead atoms. The number of carboxylic acids is 1. The molecule has 0 heterocycles. The number of nitrogens with zero attached hydrogens (tertiary/aromatic N) is 1. The summed E-state index contributed by atoms with van der Waals surface area (Å²) >= 11 is 0. The molecule has 0 radical (unpaired) electrons. The minimum atomic E-state index is -1.31. The van der Waals surface area contributed by atoms with Gasteiger partial charge in [0.1, 0.15) is 5.56 Å². The Hall–Kier alpha value is -3.03. The van der Waals surface area contributed by atoms with Crippen LogP contribution < -0.4 is 0 Å². The summed E-state index contributed by atoms with van der Waals surface area (Å²) in [5.41, 5.74) is -0.712. The fraction of sp³-hybridized carbons (Fsp3) is 0. The number of rotatable bonds is 5. The van der Waals surface area contributed by atoms with E-state index in [1.807, 2.05) is 24.3 Å². The molecule has 0 atom stereocenters. The van der Waals surface area contributed by atoms with Crippen LogP contribution in [0.25, 0.3) is 21.5 Å². The molecule has 4 aromatic rings. The van der Waals surface area contributed by atoms with Crippen molar-refractivity contribution >= 4 is 54.8 Å². The molecule has 138 valence electrons. The fourth-order valence-corrected chi connectivity index (χ4v) is 5.46. The Kier molecular flexibility index (Phi) is 4.93. The number of nitro benzene ring substituents is 1. The van der Waals surface area contributed by atoms with Crippen molar-refractivity contribution in [2.75, 3.05) is 0 Å². The smallest absolute Gasteiger partial charge is 0.342 e. The van der Waals surface area contributed by atoms with E-state index in [4.69, 9.17) is 0 Å². The van der Waals surface area contributed by atoms with E-state index in [1.54, 1.807) is 6.07 Å². The second-order valence-electron chi connectivity index (χ2n) is 6.06. The molecule has 7 heteroatoms. The van der Waals surface area contributed by atoms with E-state index in [2.05, 4.69) is 30.3 Å². The molecule has 0 amide bonds. The Morgan fingerprint density at radius 3 is 2.04 bits per heavy atom.